The molecular weight excluding hydrogens is 334 g/mol. The summed E-state index contributed by atoms with van der Waals surface area (Å²) >= 11 is 1.61. The monoisotopic (exact) mass is 351 g/mol. The first-order valence-electron chi connectivity index (χ1n) is 8.15. The highest BCUT2D eigenvalue weighted by atomic mass is 32.1. The topological polar surface area (TPSA) is 59.2 Å². The molecule has 0 radical (unpaired) electrons. The predicted molar refractivity (Wildman–Crippen MR) is 96.2 cm³/mol. The van der Waals surface area contributed by atoms with Crippen LogP contribution >= 0.6 is 11.3 Å². The van der Waals surface area contributed by atoms with Crippen LogP contribution in [0.15, 0.2) is 58.4 Å². The molecule has 1 amide bonds. The molecule has 1 aromatic carbocycles. The molecule has 5 nitrogen and oxygen atoms in total. The van der Waals surface area contributed by atoms with E-state index in [1.165, 1.54) is 0 Å². The lowest BCUT2D eigenvalue weighted by Crippen LogP contribution is -2.47. The van der Waals surface area contributed by atoms with E-state index >= 15 is 0 Å². The van der Waals surface area contributed by atoms with Crippen molar-refractivity contribution in [2.24, 2.45) is 0 Å². The van der Waals surface area contributed by atoms with Crippen molar-refractivity contribution < 1.29 is 9.32 Å². The molecule has 1 fully saturated rings. The zero-order chi connectivity index (χ0) is 17.1. The second kappa shape index (κ2) is 7.03. The Balaban J connectivity index is 1.31. The van der Waals surface area contributed by atoms with Gasteiger partial charge >= 0.3 is 0 Å². The van der Waals surface area contributed by atoms with Crippen molar-refractivity contribution in [2.75, 3.05) is 13.1 Å². The number of aromatic nitrogens is 2. The van der Waals surface area contributed by atoms with Gasteiger partial charge in [-0.2, -0.15) is 4.98 Å². The summed E-state index contributed by atoms with van der Waals surface area (Å²) < 4.78 is 5.37. The quantitative estimate of drug-likeness (QED) is 0.661. The average Bonchev–Trinajstić information content (AvgIpc) is 3.25. The Hall–Kier alpha value is -2.73. The van der Waals surface area contributed by atoms with Gasteiger partial charge in [-0.3, -0.25) is 4.79 Å². The van der Waals surface area contributed by atoms with Gasteiger partial charge in [-0.25, -0.2) is 0 Å². The minimum atomic E-state index is 0.0219. The second-order valence-corrected chi connectivity index (χ2v) is 6.98. The highest BCUT2D eigenvalue weighted by Crippen LogP contribution is 2.26. The van der Waals surface area contributed by atoms with E-state index in [0.717, 1.165) is 10.4 Å². The van der Waals surface area contributed by atoms with Gasteiger partial charge < -0.3 is 9.42 Å². The Kier molecular flexibility index (Phi) is 4.43. The molecule has 126 valence electrons. The molecule has 0 aliphatic carbocycles. The Morgan fingerprint density at radius 1 is 1.24 bits per heavy atom. The lowest BCUT2D eigenvalue weighted by molar-refractivity contribution is -0.130. The fourth-order valence-corrected chi connectivity index (χ4v) is 3.36. The molecule has 1 saturated heterocycles. The number of rotatable bonds is 5. The first kappa shape index (κ1) is 15.8. The zero-order valence-electron chi connectivity index (χ0n) is 13.5. The summed E-state index contributed by atoms with van der Waals surface area (Å²) in [7, 11) is 0. The number of carbonyl (C=O) groups is 1. The fourth-order valence-electron chi connectivity index (χ4n) is 2.74. The summed E-state index contributed by atoms with van der Waals surface area (Å²) in [5.74, 6) is 1.46. The smallest absolute Gasteiger partial charge is 0.246 e. The normalized spacial score (nSPS) is 14.8. The Morgan fingerprint density at radius 2 is 2.08 bits per heavy atom. The van der Waals surface area contributed by atoms with Crippen LogP contribution in [0.5, 0.6) is 0 Å². The van der Waals surface area contributed by atoms with Gasteiger partial charge in [0, 0.05) is 30.5 Å². The van der Waals surface area contributed by atoms with Gasteiger partial charge in [0.15, 0.2) is 5.82 Å². The minimum Gasteiger partial charge on any atom is -0.339 e. The molecule has 4 rings (SSSR count). The van der Waals surface area contributed by atoms with Gasteiger partial charge in [0.2, 0.25) is 11.8 Å². The van der Waals surface area contributed by atoms with Crippen LogP contribution < -0.4 is 0 Å². The van der Waals surface area contributed by atoms with E-state index in [1.807, 2.05) is 53.9 Å². The predicted octanol–water partition coefficient (Wildman–Crippen LogP) is 3.36. The van der Waals surface area contributed by atoms with Gasteiger partial charge in [-0.05, 0) is 23.1 Å². The van der Waals surface area contributed by atoms with Crippen LogP contribution in [-0.2, 0) is 11.2 Å². The number of hydrogen-bond donors (Lipinski definition) is 0. The summed E-state index contributed by atoms with van der Waals surface area (Å²) in [4.78, 5) is 19.5. The lowest BCUT2D eigenvalue weighted by atomic mass is 10.00. The van der Waals surface area contributed by atoms with Crippen LogP contribution in [0.2, 0.25) is 0 Å². The maximum atomic E-state index is 12.1. The van der Waals surface area contributed by atoms with Crippen molar-refractivity contribution in [3.63, 3.8) is 0 Å². The van der Waals surface area contributed by atoms with E-state index in [1.54, 1.807) is 22.3 Å². The lowest BCUT2D eigenvalue weighted by Gasteiger charge is -2.36. The highest BCUT2D eigenvalue weighted by molar-refractivity contribution is 7.10. The van der Waals surface area contributed by atoms with Crippen LogP contribution in [0.1, 0.15) is 28.1 Å². The molecule has 0 bridgehead atoms. The summed E-state index contributed by atoms with van der Waals surface area (Å²) in [6.07, 6.45) is 4.13. The summed E-state index contributed by atoms with van der Waals surface area (Å²) in [5, 5.41) is 6.04. The summed E-state index contributed by atoms with van der Waals surface area (Å²) in [5.41, 5.74) is 1.15. The fraction of sp³-hybridized carbons (Fsp3) is 0.211. The van der Waals surface area contributed by atoms with Crippen LogP contribution in [0.4, 0.5) is 0 Å². The van der Waals surface area contributed by atoms with E-state index in [2.05, 4.69) is 10.1 Å². The molecule has 0 N–H and O–H groups in total. The number of amides is 1. The maximum Gasteiger partial charge on any atom is 0.246 e. The summed E-state index contributed by atoms with van der Waals surface area (Å²) in [6.45, 7) is 1.25. The van der Waals surface area contributed by atoms with Gasteiger partial charge in [-0.15, -0.1) is 11.3 Å². The third-order valence-electron chi connectivity index (χ3n) is 4.16. The molecule has 0 saturated carbocycles. The van der Waals surface area contributed by atoms with E-state index in [4.69, 9.17) is 4.52 Å². The standard InChI is InChI=1S/C19H17N3O2S/c23-18(9-8-16-7-4-10-25-16)22-12-15(13-22)19-20-17(21-24-19)11-14-5-2-1-3-6-14/h1-10,15H,11-13H2/b9-8+. The molecule has 3 heterocycles. The first-order valence-corrected chi connectivity index (χ1v) is 9.03. The van der Waals surface area contributed by atoms with Gasteiger partial charge in [0.1, 0.15) is 0 Å². The average molecular weight is 351 g/mol. The van der Waals surface area contributed by atoms with Crippen molar-refractivity contribution >= 4 is 23.3 Å². The van der Waals surface area contributed by atoms with Crippen LogP contribution in [0.3, 0.4) is 0 Å². The SMILES string of the molecule is O=C(/C=C/c1cccs1)N1CC(c2nc(Cc3ccccc3)no2)C1. The molecule has 6 heteroatoms. The molecule has 1 aliphatic heterocycles. The van der Waals surface area contributed by atoms with Gasteiger partial charge in [0.25, 0.3) is 0 Å². The number of carbonyl (C=O) groups excluding carboxylic acids is 1. The molecular formula is C19H17N3O2S. The number of hydrogen-bond acceptors (Lipinski definition) is 5. The zero-order valence-corrected chi connectivity index (χ0v) is 14.4. The van der Waals surface area contributed by atoms with Crippen molar-refractivity contribution in [1.82, 2.24) is 15.0 Å². The Labute approximate surface area is 149 Å². The van der Waals surface area contributed by atoms with Gasteiger partial charge in [0.05, 0.1) is 5.92 Å². The third-order valence-corrected chi connectivity index (χ3v) is 5.00. The van der Waals surface area contributed by atoms with E-state index in [9.17, 15) is 4.79 Å². The highest BCUT2D eigenvalue weighted by Gasteiger charge is 2.34. The van der Waals surface area contributed by atoms with Crippen LogP contribution in [-0.4, -0.2) is 34.0 Å². The number of thiophene rings is 1. The second-order valence-electron chi connectivity index (χ2n) is 6.00. The van der Waals surface area contributed by atoms with Crippen molar-refractivity contribution in [2.45, 2.75) is 12.3 Å². The minimum absolute atomic E-state index is 0.0219. The molecule has 0 unspecified atom stereocenters. The van der Waals surface area contributed by atoms with E-state index < -0.39 is 0 Å². The summed E-state index contributed by atoms with van der Waals surface area (Å²) in [6, 6.07) is 14.0. The van der Waals surface area contributed by atoms with Crippen LogP contribution in [0.25, 0.3) is 6.08 Å². The van der Waals surface area contributed by atoms with E-state index in [-0.39, 0.29) is 11.8 Å². The van der Waals surface area contributed by atoms with Crippen molar-refractivity contribution in [3.05, 3.63) is 76.1 Å². The van der Waals surface area contributed by atoms with Gasteiger partial charge in [-0.1, -0.05) is 41.6 Å². The van der Waals surface area contributed by atoms with Crippen molar-refractivity contribution in [3.8, 4) is 0 Å². The molecule has 0 spiro atoms. The number of nitrogens with zero attached hydrogens (tertiary/aromatic N) is 3. The molecule has 2 aromatic heterocycles. The number of likely N-dealkylation sites (tertiary alicyclic amines) is 1. The molecule has 0 atom stereocenters. The molecule has 3 aromatic rings. The third kappa shape index (κ3) is 3.69. The largest absolute Gasteiger partial charge is 0.339 e. The molecule has 25 heavy (non-hydrogen) atoms. The van der Waals surface area contributed by atoms with E-state index in [0.29, 0.717) is 31.2 Å². The Bertz CT molecular complexity index is 865. The Morgan fingerprint density at radius 3 is 2.84 bits per heavy atom. The van der Waals surface area contributed by atoms with Crippen LogP contribution in [0, 0.1) is 0 Å². The first-order chi connectivity index (χ1) is 12.3. The van der Waals surface area contributed by atoms with Crippen molar-refractivity contribution in [1.29, 1.82) is 0 Å². The maximum absolute atomic E-state index is 12.1. The molecule has 1 aliphatic rings. The number of benzene rings is 1.